The average Bonchev–Trinajstić information content (AvgIpc) is 2.49. The van der Waals surface area contributed by atoms with E-state index in [-0.39, 0.29) is 14.9 Å². The number of pyridine rings is 1. The molecule has 0 saturated heterocycles. The molecule has 2 rings (SSSR count). The van der Waals surface area contributed by atoms with Crippen LogP contribution in [0.3, 0.4) is 0 Å². The van der Waals surface area contributed by atoms with E-state index in [1.807, 2.05) is 0 Å². The summed E-state index contributed by atoms with van der Waals surface area (Å²) in [4.78, 5) is 15.2. The number of benzene rings is 1. The summed E-state index contributed by atoms with van der Waals surface area (Å²) in [5.74, 6) is -1.99. The molecule has 1 radical (unpaired) electrons. The molecule has 6 nitrogen and oxygen atoms in total. The molecule has 1 aromatic carbocycles. The van der Waals surface area contributed by atoms with E-state index in [0.29, 0.717) is 4.35 Å². The number of carboxylic acid groups (broad SMARTS) is 1. The normalized spacial score (nSPS) is 12.2. The predicted molar refractivity (Wildman–Crippen MR) is 83.5 cm³/mol. The third kappa shape index (κ3) is 3.96. The average molecular weight is 399 g/mol. The summed E-state index contributed by atoms with van der Waals surface area (Å²) < 4.78 is 39.4. The van der Waals surface area contributed by atoms with Crippen molar-refractivity contribution in [1.82, 2.24) is 9.29 Å². The molecule has 0 unspecified atom stereocenters. The van der Waals surface area contributed by atoms with E-state index in [4.69, 9.17) is 5.11 Å². The van der Waals surface area contributed by atoms with Crippen LogP contribution in [0.2, 0.25) is 0 Å². The Labute approximate surface area is 139 Å². The summed E-state index contributed by atoms with van der Waals surface area (Å²) in [5, 5.41) is 9.13. The summed E-state index contributed by atoms with van der Waals surface area (Å²) >= 11 is -0.896. The first-order valence-electron chi connectivity index (χ1n) is 6.35. The van der Waals surface area contributed by atoms with E-state index in [2.05, 4.69) is 4.98 Å². The Morgan fingerprint density at radius 3 is 2.61 bits per heavy atom. The topological polar surface area (TPSA) is 87.6 Å². The van der Waals surface area contributed by atoms with Crippen LogP contribution >= 0.6 is 0 Å². The Morgan fingerprint density at radius 2 is 2.00 bits per heavy atom. The van der Waals surface area contributed by atoms with Gasteiger partial charge in [0.05, 0.1) is 0 Å². The Kier molecular flexibility index (Phi) is 5.19. The minimum absolute atomic E-state index is 0.120. The predicted octanol–water partition coefficient (Wildman–Crippen LogP) is -0.176. The molecule has 121 valence electrons. The summed E-state index contributed by atoms with van der Waals surface area (Å²) in [6, 6.07) is 7.17. The monoisotopic (exact) mass is 399 g/mol. The molecule has 0 aliphatic heterocycles. The number of hydrogen-bond donors (Lipinski definition) is 1. The Balaban J connectivity index is 2.41. The summed E-state index contributed by atoms with van der Waals surface area (Å²) in [6.07, 6.45) is 0.956. The fourth-order valence-corrected chi connectivity index (χ4v) is 4.97. The quantitative estimate of drug-likeness (QED) is 0.706. The molecule has 0 fully saturated rings. The molecule has 0 atom stereocenters. The second-order valence-corrected chi connectivity index (χ2v) is 9.32. The number of hydrogen-bond acceptors (Lipinski definition) is 4. The SMILES string of the molecule is CN(C)S(=O)(=O)c1cccc([As]c2ncc(F)cc2C(=O)O)c1. The fraction of sp³-hybridized carbons (Fsp3) is 0.143. The van der Waals surface area contributed by atoms with Crippen LogP contribution in [0.15, 0.2) is 41.4 Å². The first-order chi connectivity index (χ1) is 10.7. The molecule has 2 aromatic rings. The number of carbonyl (C=O) groups is 1. The van der Waals surface area contributed by atoms with Crippen molar-refractivity contribution in [1.29, 1.82) is 0 Å². The fourth-order valence-electron chi connectivity index (χ4n) is 1.73. The van der Waals surface area contributed by atoms with Gasteiger partial charge in [-0.2, -0.15) is 0 Å². The minimum atomic E-state index is -3.57. The maximum atomic E-state index is 13.2. The van der Waals surface area contributed by atoms with E-state index in [1.165, 1.54) is 26.2 Å². The standard InChI is InChI=1S/C14H13AsFN2O4S/c1-18(2)23(21,22)11-5-3-4-9(6-11)15-13-12(14(19)20)7-10(16)8-17-13/h3-8H,1-2H3,(H,19,20). The Morgan fingerprint density at radius 1 is 1.30 bits per heavy atom. The van der Waals surface area contributed by atoms with Crippen molar-refractivity contribution in [3.63, 3.8) is 0 Å². The molecule has 0 aliphatic carbocycles. The molecule has 0 saturated carbocycles. The van der Waals surface area contributed by atoms with Gasteiger partial charge in [0.15, 0.2) is 0 Å². The first kappa shape index (κ1) is 17.6. The van der Waals surface area contributed by atoms with Gasteiger partial charge in [0.1, 0.15) is 0 Å². The van der Waals surface area contributed by atoms with E-state index in [9.17, 15) is 17.6 Å². The molecule has 0 aliphatic rings. The zero-order chi connectivity index (χ0) is 17.2. The molecular formula is C14H13AsFN2O4S. The summed E-state index contributed by atoms with van der Waals surface area (Å²) in [5.41, 5.74) is -0.203. The molecule has 9 heteroatoms. The third-order valence-corrected chi connectivity index (χ3v) is 7.02. The molecule has 0 spiro atoms. The van der Waals surface area contributed by atoms with E-state index in [0.717, 1.165) is 16.6 Å². The Hall–Kier alpha value is -1.76. The number of halogens is 1. The Bertz CT molecular complexity index is 856. The summed E-state index contributed by atoms with van der Waals surface area (Å²) in [6.45, 7) is 0. The number of aromatic carboxylic acids is 1. The maximum absolute atomic E-state index is 13.2. The van der Waals surface area contributed by atoms with Gasteiger partial charge < -0.3 is 0 Å². The molecule has 1 heterocycles. The van der Waals surface area contributed by atoms with Crippen molar-refractivity contribution in [3.05, 3.63) is 47.9 Å². The van der Waals surface area contributed by atoms with Crippen molar-refractivity contribution >= 4 is 40.6 Å². The van der Waals surface area contributed by atoms with Crippen molar-refractivity contribution < 1.29 is 22.7 Å². The van der Waals surface area contributed by atoms with Crippen LogP contribution in [0.5, 0.6) is 0 Å². The number of aromatic nitrogens is 1. The van der Waals surface area contributed by atoms with Crippen LogP contribution in [-0.4, -0.2) is 58.6 Å². The van der Waals surface area contributed by atoms with E-state index < -0.39 is 37.6 Å². The second-order valence-electron chi connectivity index (χ2n) is 4.73. The molecule has 0 amide bonds. The van der Waals surface area contributed by atoms with Crippen LogP contribution in [0.25, 0.3) is 0 Å². The van der Waals surface area contributed by atoms with Gasteiger partial charge in [-0.3, -0.25) is 0 Å². The van der Waals surface area contributed by atoms with Gasteiger partial charge in [-0.25, -0.2) is 0 Å². The molecule has 1 N–H and O–H groups in total. The van der Waals surface area contributed by atoms with Gasteiger partial charge in [0.2, 0.25) is 0 Å². The van der Waals surface area contributed by atoms with Crippen LogP contribution in [0.4, 0.5) is 4.39 Å². The van der Waals surface area contributed by atoms with Crippen LogP contribution in [0.1, 0.15) is 10.4 Å². The summed E-state index contributed by atoms with van der Waals surface area (Å²) in [7, 11) is -0.713. The number of rotatable bonds is 5. The van der Waals surface area contributed by atoms with Gasteiger partial charge in [-0.15, -0.1) is 0 Å². The van der Waals surface area contributed by atoms with Crippen LogP contribution < -0.4 is 8.83 Å². The number of carboxylic acids is 1. The van der Waals surface area contributed by atoms with Crippen molar-refractivity contribution in [2.45, 2.75) is 4.90 Å². The van der Waals surface area contributed by atoms with Crippen molar-refractivity contribution in [3.8, 4) is 0 Å². The zero-order valence-corrected chi connectivity index (χ0v) is 15.0. The number of sulfonamides is 1. The van der Waals surface area contributed by atoms with Gasteiger partial charge in [0, 0.05) is 0 Å². The van der Waals surface area contributed by atoms with Crippen molar-refractivity contribution in [2.24, 2.45) is 0 Å². The number of nitrogens with zero attached hydrogens (tertiary/aromatic N) is 2. The molecular weight excluding hydrogens is 386 g/mol. The van der Waals surface area contributed by atoms with Gasteiger partial charge in [-0.05, 0) is 0 Å². The van der Waals surface area contributed by atoms with Gasteiger partial charge in [-0.1, -0.05) is 0 Å². The molecule has 23 heavy (non-hydrogen) atoms. The van der Waals surface area contributed by atoms with E-state index in [1.54, 1.807) is 12.1 Å². The second kappa shape index (κ2) is 6.78. The van der Waals surface area contributed by atoms with Crippen LogP contribution in [0, 0.1) is 5.82 Å². The van der Waals surface area contributed by atoms with E-state index >= 15 is 0 Å². The van der Waals surface area contributed by atoms with Gasteiger partial charge in [0.25, 0.3) is 0 Å². The van der Waals surface area contributed by atoms with Gasteiger partial charge >= 0.3 is 139 Å². The van der Waals surface area contributed by atoms with Crippen molar-refractivity contribution in [2.75, 3.05) is 14.1 Å². The van der Waals surface area contributed by atoms with Crippen LogP contribution in [-0.2, 0) is 10.0 Å². The molecule has 0 bridgehead atoms. The third-order valence-electron chi connectivity index (χ3n) is 2.89. The molecule has 1 aromatic heterocycles. The zero-order valence-electron chi connectivity index (χ0n) is 12.3. The first-order valence-corrected chi connectivity index (χ1v) is 9.66.